The van der Waals surface area contributed by atoms with Gasteiger partial charge in [-0.3, -0.25) is 9.59 Å². The summed E-state index contributed by atoms with van der Waals surface area (Å²) >= 11 is 0. The first-order valence-electron chi connectivity index (χ1n) is 6.76. The van der Waals surface area contributed by atoms with E-state index in [4.69, 9.17) is 4.74 Å². The summed E-state index contributed by atoms with van der Waals surface area (Å²) in [7, 11) is 0. The molecule has 0 fully saturated rings. The van der Waals surface area contributed by atoms with E-state index in [2.05, 4.69) is 5.32 Å². The second-order valence-corrected chi connectivity index (χ2v) is 4.67. The molecule has 0 aliphatic carbocycles. The standard InChI is InChI=1S/C17H17NO3/c1-13(19)18-15-8-10-16(11-9-15)21-17(20)12-7-14-5-3-2-4-6-14/h2-6,8-11H,7,12H2,1H3,(H,18,19). The topological polar surface area (TPSA) is 55.4 Å². The molecule has 0 saturated heterocycles. The van der Waals surface area contributed by atoms with Gasteiger partial charge in [0.15, 0.2) is 0 Å². The number of amides is 1. The van der Waals surface area contributed by atoms with Crippen molar-refractivity contribution < 1.29 is 14.3 Å². The number of rotatable bonds is 5. The normalized spacial score (nSPS) is 9.95. The Balaban J connectivity index is 1.83. The Morgan fingerprint density at radius 2 is 1.67 bits per heavy atom. The molecule has 0 aromatic heterocycles. The summed E-state index contributed by atoms with van der Waals surface area (Å²) < 4.78 is 5.24. The number of hydrogen-bond donors (Lipinski definition) is 1. The summed E-state index contributed by atoms with van der Waals surface area (Å²) in [6.45, 7) is 1.44. The van der Waals surface area contributed by atoms with Crippen LogP contribution in [-0.2, 0) is 16.0 Å². The van der Waals surface area contributed by atoms with Crippen molar-refractivity contribution in [3.63, 3.8) is 0 Å². The molecule has 2 aromatic rings. The summed E-state index contributed by atoms with van der Waals surface area (Å²) in [5, 5.41) is 2.65. The summed E-state index contributed by atoms with van der Waals surface area (Å²) in [4.78, 5) is 22.7. The zero-order valence-corrected chi connectivity index (χ0v) is 11.8. The van der Waals surface area contributed by atoms with E-state index >= 15 is 0 Å². The molecule has 4 heteroatoms. The lowest BCUT2D eigenvalue weighted by atomic mass is 10.1. The zero-order valence-electron chi connectivity index (χ0n) is 11.8. The maximum Gasteiger partial charge on any atom is 0.311 e. The Morgan fingerprint density at radius 1 is 1.00 bits per heavy atom. The first-order chi connectivity index (χ1) is 10.1. The predicted octanol–water partition coefficient (Wildman–Crippen LogP) is 3.18. The Kier molecular flexibility index (Phi) is 5.10. The summed E-state index contributed by atoms with van der Waals surface area (Å²) in [5.41, 5.74) is 1.78. The lowest BCUT2D eigenvalue weighted by Gasteiger charge is -2.06. The van der Waals surface area contributed by atoms with Crippen molar-refractivity contribution in [2.75, 3.05) is 5.32 Å². The van der Waals surface area contributed by atoms with E-state index in [0.29, 0.717) is 24.3 Å². The van der Waals surface area contributed by atoms with Crippen molar-refractivity contribution in [1.29, 1.82) is 0 Å². The summed E-state index contributed by atoms with van der Waals surface area (Å²) in [5.74, 6) is 0.0656. The Morgan fingerprint density at radius 3 is 2.29 bits per heavy atom. The third-order valence-electron chi connectivity index (χ3n) is 2.87. The van der Waals surface area contributed by atoms with Crippen LogP contribution in [0, 0.1) is 0 Å². The predicted molar refractivity (Wildman–Crippen MR) is 81.1 cm³/mol. The molecule has 0 heterocycles. The highest BCUT2D eigenvalue weighted by molar-refractivity contribution is 5.88. The molecule has 2 rings (SSSR count). The first kappa shape index (κ1) is 14.8. The van der Waals surface area contributed by atoms with Gasteiger partial charge in [-0.2, -0.15) is 0 Å². The molecule has 0 aliphatic rings. The van der Waals surface area contributed by atoms with E-state index in [-0.39, 0.29) is 11.9 Å². The van der Waals surface area contributed by atoms with Crippen LogP contribution in [0.25, 0.3) is 0 Å². The van der Waals surface area contributed by atoms with E-state index in [1.165, 1.54) is 6.92 Å². The maximum atomic E-state index is 11.8. The SMILES string of the molecule is CC(=O)Nc1ccc(OC(=O)CCc2ccccc2)cc1. The molecule has 0 atom stereocenters. The second kappa shape index (κ2) is 7.24. The van der Waals surface area contributed by atoms with Crippen LogP contribution in [0.15, 0.2) is 54.6 Å². The van der Waals surface area contributed by atoms with Crippen molar-refractivity contribution in [2.24, 2.45) is 0 Å². The van der Waals surface area contributed by atoms with Crippen LogP contribution >= 0.6 is 0 Å². The van der Waals surface area contributed by atoms with E-state index in [9.17, 15) is 9.59 Å². The molecule has 0 spiro atoms. The van der Waals surface area contributed by atoms with Gasteiger partial charge in [-0.1, -0.05) is 30.3 Å². The van der Waals surface area contributed by atoms with Crippen LogP contribution in [0.5, 0.6) is 5.75 Å². The number of carbonyl (C=O) groups excluding carboxylic acids is 2. The smallest absolute Gasteiger partial charge is 0.311 e. The highest BCUT2D eigenvalue weighted by Gasteiger charge is 2.05. The third-order valence-corrected chi connectivity index (χ3v) is 2.87. The Bertz CT molecular complexity index is 606. The molecular weight excluding hydrogens is 266 g/mol. The summed E-state index contributed by atoms with van der Waals surface area (Å²) in [6, 6.07) is 16.5. The van der Waals surface area contributed by atoms with Crippen LogP contribution in [-0.4, -0.2) is 11.9 Å². The monoisotopic (exact) mass is 283 g/mol. The molecule has 21 heavy (non-hydrogen) atoms. The van der Waals surface area contributed by atoms with Crippen molar-refractivity contribution >= 4 is 17.6 Å². The van der Waals surface area contributed by atoms with Gasteiger partial charge in [0.05, 0.1) is 0 Å². The minimum atomic E-state index is -0.272. The van der Waals surface area contributed by atoms with Gasteiger partial charge in [0.1, 0.15) is 5.75 Å². The van der Waals surface area contributed by atoms with Crippen molar-refractivity contribution in [3.05, 3.63) is 60.2 Å². The van der Waals surface area contributed by atoms with Gasteiger partial charge >= 0.3 is 5.97 Å². The second-order valence-electron chi connectivity index (χ2n) is 4.67. The van der Waals surface area contributed by atoms with E-state index in [1.54, 1.807) is 24.3 Å². The Hall–Kier alpha value is -2.62. The fourth-order valence-corrected chi connectivity index (χ4v) is 1.88. The van der Waals surface area contributed by atoms with Crippen molar-refractivity contribution in [2.45, 2.75) is 19.8 Å². The molecule has 0 radical (unpaired) electrons. The molecule has 2 aromatic carbocycles. The minimum absolute atomic E-state index is 0.136. The number of nitrogens with one attached hydrogen (secondary N) is 1. The van der Waals surface area contributed by atoms with Gasteiger partial charge in [-0.25, -0.2) is 0 Å². The van der Waals surface area contributed by atoms with Crippen LogP contribution in [0.4, 0.5) is 5.69 Å². The number of anilines is 1. The number of esters is 1. The van der Waals surface area contributed by atoms with Crippen LogP contribution in [0.1, 0.15) is 18.9 Å². The van der Waals surface area contributed by atoms with Crippen molar-refractivity contribution in [3.8, 4) is 5.75 Å². The molecule has 0 bridgehead atoms. The van der Waals surface area contributed by atoms with Gasteiger partial charge in [0.25, 0.3) is 0 Å². The van der Waals surface area contributed by atoms with Crippen LogP contribution in [0.3, 0.4) is 0 Å². The lowest BCUT2D eigenvalue weighted by molar-refractivity contribution is -0.134. The largest absolute Gasteiger partial charge is 0.427 e. The maximum absolute atomic E-state index is 11.8. The molecule has 0 unspecified atom stereocenters. The summed E-state index contributed by atoms with van der Waals surface area (Å²) in [6.07, 6.45) is 0.987. The molecule has 1 N–H and O–H groups in total. The number of hydrogen-bond acceptors (Lipinski definition) is 3. The molecule has 0 saturated carbocycles. The van der Waals surface area contributed by atoms with Gasteiger partial charge in [0, 0.05) is 19.0 Å². The molecule has 0 aliphatic heterocycles. The number of benzene rings is 2. The average Bonchev–Trinajstić information content (AvgIpc) is 2.48. The van der Waals surface area contributed by atoms with Crippen molar-refractivity contribution in [1.82, 2.24) is 0 Å². The van der Waals surface area contributed by atoms with Gasteiger partial charge in [0.2, 0.25) is 5.91 Å². The fourth-order valence-electron chi connectivity index (χ4n) is 1.88. The molecule has 108 valence electrons. The fraction of sp³-hybridized carbons (Fsp3) is 0.176. The third kappa shape index (κ3) is 5.10. The molecule has 4 nitrogen and oxygen atoms in total. The highest BCUT2D eigenvalue weighted by Crippen LogP contribution is 2.16. The number of aryl methyl sites for hydroxylation is 1. The number of carbonyl (C=O) groups is 2. The lowest BCUT2D eigenvalue weighted by Crippen LogP contribution is -2.09. The highest BCUT2D eigenvalue weighted by atomic mass is 16.5. The van der Waals surface area contributed by atoms with E-state index in [0.717, 1.165) is 5.56 Å². The minimum Gasteiger partial charge on any atom is -0.427 e. The average molecular weight is 283 g/mol. The first-order valence-corrected chi connectivity index (χ1v) is 6.76. The van der Waals surface area contributed by atoms with Gasteiger partial charge < -0.3 is 10.1 Å². The molecular formula is C17H17NO3. The van der Waals surface area contributed by atoms with E-state index in [1.807, 2.05) is 30.3 Å². The number of ether oxygens (including phenoxy) is 1. The quantitative estimate of drug-likeness (QED) is 0.677. The van der Waals surface area contributed by atoms with Gasteiger partial charge in [-0.15, -0.1) is 0 Å². The Labute approximate surface area is 123 Å². The van der Waals surface area contributed by atoms with E-state index < -0.39 is 0 Å². The molecule has 1 amide bonds. The zero-order chi connectivity index (χ0) is 15.1. The van der Waals surface area contributed by atoms with Crippen LogP contribution < -0.4 is 10.1 Å². The van der Waals surface area contributed by atoms with Gasteiger partial charge in [-0.05, 0) is 36.2 Å². The van der Waals surface area contributed by atoms with Crippen LogP contribution in [0.2, 0.25) is 0 Å².